The molecule has 0 N–H and O–H groups in total. The number of aliphatic carboxylic acids is 1. The van der Waals surface area contributed by atoms with Crippen LogP contribution in [0.5, 0.6) is 0 Å². The topological polar surface area (TPSA) is 40.1 Å². The molecule has 0 saturated carbocycles. The summed E-state index contributed by atoms with van der Waals surface area (Å²) in [5.41, 5.74) is 0. The molecule has 0 aromatic heterocycles. The number of carbonyl (C=O) groups excluding carboxylic acids is 1. The summed E-state index contributed by atoms with van der Waals surface area (Å²) in [6.07, 6.45) is 0. The summed E-state index contributed by atoms with van der Waals surface area (Å²) >= 11 is -0.931. The van der Waals surface area contributed by atoms with E-state index in [4.69, 9.17) is 29.3 Å². The van der Waals surface area contributed by atoms with Crippen molar-refractivity contribution in [2.45, 2.75) is 6.92 Å². The first-order chi connectivity index (χ1) is 3.15. The van der Waals surface area contributed by atoms with E-state index in [1.807, 2.05) is 0 Å². The molecule has 0 heterocycles. The van der Waals surface area contributed by atoms with E-state index in [-0.39, 0.29) is 29.6 Å². The van der Waals surface area contributed by atoms with Crippen molar-refractivity contribution in [3.63, 3.8) is 0 Å². The van der Waals surface area contributed by atoms with Crippen molar-refractivity contribution < 1.29 is 54.6 Å². The van der Waals surface area contributed by atoms with Gasteiger partial charge in [0.15, 0.2) is 0 Å². The van der Waals surface area contributed by atoms with Gasteiger partial charge in [0.25, 0.3) is 0 Å². The maximum Gasteiger partial charge on any atom is 1.00 e. The Kier molecular flexibility index (Phi) is 32.4. The van der Waals surface area contributed by atoms with Gasteiger partial charge < -0.3 is 9.90 Å². The van der Waals surface area contributed by atoms with E-state index in [1.54, 1.807) is 0 Å². The quantitative estimate of drug-likeness (QED) is 0.410. The summed E-state index contributed by atoms with van der Waals surface area (Å²) in [6, 6.07) is 0. The molecule has 0 rings (SSSR count). The molecule has 0 aliphatic heterocycles. The van der Waals surface area contributed by atoms with Crippen LogP contribution in [0.3, 0.4) is 0 Å². The monoisotopic (exact) mass is 216 g/mol. The molecule has 40 valence electrons. The van der Waals surface area contributed by atoms with Gasteiger partial charge in [0.1, 0.15) is 0 Å². The van der Waals surface area contributed by atoms with E-state index in [2.05, 4.69) is 0 Å². The van der Waals surface area contributed by atoms with Gasteiger partial charge in [-0.1, -0.05) is 0 Å². The summed E-state index contributed by atoms with van der Waals surface area (Å²) in [5, 5.41) is 8.89. The number of carbonyl (C=O) groups is 1. The van der Waals surface area contributed by atoms with Crippen LogP contribution in [0.4, 0.5) is 0 Å². The summed E-state index contributed by atoms with van der Waals surface area (Å²) < 4.78 is 0. The fraction of sp³-hybridized carbons (Fsp3) is 0.500. The minimum atomic E-state index is -1.08. The predicted molar refractivity (Wildman–Crippen MR) is 22.4 cm³/mol. The van der Waals surface area contributed by atoms with Gasteiger partial charge in [0.05, 0.1) is 0 Å². The molecule has 0 aromatic carbocycles. The summed E-state index contributed by atoms with van der Waals surface area (Å²) in [4.78, 5) is 8.89. The van der Waals surface area contributed by atoms with Crippen LogP contribution in [0.1, 0.15) is 6.92 Å². The molecule has 0 saturated heterocycles. The second-order valence-corrected chi connectivity index (χ2v) is 5.22. The number of carboxylic acids is 1. The van der Waals surface area contributed by atoms with Crippen molar-refractivity contribution in [3.05, 3.63) is 0 Å². The molecule has 0 fully saturated rings. The molecule has 0 amide bonds. The van der Waals surface area contributed by atoms with Gasteiger partial charge in [-0.3, -0.25) is 0 Å². The Hall–Kier alpha value is 1.67. The largest absolute Gasteiger partial charge is 1.00 e. The van der Waals surface area contributed by atoms with Gasteiger partial charge in [-0.2, -0.15) is 0 Å². The van der Waals surface area contributed by atoms with Crippen LogP contribution in [0.25, 0.3) is 0 Å². The predicted octanol–water partition coefficient (Wildman–Crippen LogP) is -2.86. The van der Waals surface area contributed by atoms with E-state index in [0.29, 0.717) is 0 Å². The number of halogens is 2. The third-order valence-corrected chi connectivity index (χ3v) is 0. The molecule has 0 bridgehead atoms. The van der Waals surface area contributed by atoms with Crippen LogP contribution in [0.15, 0.2) is 0 Å². The maximum atomic E-state index is 8.89. The molecule has 8 heavy (non-hydrogen) atoms. The van der Waals surface area contributed by atoms with Crippen LogP contribution < -0.4 is 34.7 Å². The Morgan fingerprint density at radius 1 is 1.62 bits per heavy atom. The third kappa shape index (κ3) is 122. The van der Waals surface area contributed by atoms with Crippen LogP contribution in [0, 0.1) is 0 Å². The van der Waals surface area contributed by atoms with Crippen LogP contribution in [0.2, 0.25) is 0 Å². The Labute approximate surface area is 85.9 Å². The number of hydrogen-bond acceptors (Lipinski definition) is 2. The van der Waals surface area contributed by atoms with Crippen LogP contribution in [-0.2, 0) is 19.9 Å². The van der Waals surface area contributed by atoms with Gasteiger partial charge in [-0.05, 0) is 6.92 Å². The first-order valence-electron chi connectivity index (χ1n) is 1.44. The summed E-state index contributed by atoms with van der Waals surface area (Å²) in [6.45, 7) is 0.972. The van der Waals surface area contributed by atoms with Crippen LogP contribution >= 0.6 is 19.4 Å². The second-order valence-electron chi connectivity index (χ2n) is 0.593. The zero-order valence-corrected chi connectivity index (χ0v) is 11.3. The number of hydrogen-bond donors (Lipinski definition) is 0. The third-order valence-electron chi connectivity index (χ3n) is 0. The zero-order chi connectivity index (χ0) is 6.28. The molecule has 2 nitrogen and oxygen atoms in total. The fourth-order valence-corrected chi connectivity index (χ4v) is 0. The molecule has 0 aromatic rings. The molecule has 6 heteroatoms. The number of rotatable bonds is 0. The van der Waals surface area contributed by atoms with Crippen LogP contribution in [-0.4, -0.2) is 5.97 Å². The van der Waals surface area contributed by atoms with Gasteiger partial charge >= 0.3 is 64.1 Å². The van der Waals surface area contributed by atoms with E-state index >= 15 is 0 Å². The summed E-state index contributed by atoms with van der Waals surface area (Å²) in [7, 11) is 9.90. The minimum Gasteiger partial charge on any atom is 1.00 e. The molecule has 0 aliphatic carbocycles. The Balaban J connectivity index is -0.0000000575. The minimum absolute atomic E-state index is 0. The second kappa shape index (κ2) is 15.9. The Morgan fingerprint density at radius 3 is 1.62 bits per heavy atom. The first kappa shape index (κ1) is 16.3. The van der Waals surface area contributed by atoms with Crippen molar-refractivity contribution >= 4 is 25.4 Å². The van der Waals surface area contributed by atoms with Gasteiger partial charge in [-0.15, -0.1) is 0 Å². The van der Waals surface area contributed by atoms with Crippen molar-refractivity contribution in [1.29, 1.82) is 0 Å². The van der Waals surface area contributed by atoms with E-state index in [0.717, 1.165) is 6.92 Å². The van der Waals surface area contributed by atoms with E-state index < -0.39 is 21.1 Å². The number of carboxylic acid groups (broad SMARTS) is 1. The molecule has 0 spiro atoms. The average Bonchev–Trinajstić information content (AvgIpc) is 1.33. The van der Waals surface area contributed by atoms with Crippen molar-refractivity contribution in [3.8, 4) is 0 Å². The Morgan fingerprint density at radius 2 is 1.62 bits per heavy atom. The molecule has 0 aliphatic rings. The van der Waals surface area contributed by atoms with Gasteiger partial charge in [0, 0.05) is 5.97 Å². The molecule has 0 unspecified atom stereocenters. The first-order valence-corrected chi connectivity index (χ1v) is 9.24. The Bertz CT molecular complexity index is 49.3. The molecule has 0 atom stereocenters. The smallest absolute Gasteiger partial charge is 1.00 e. The zero-order valence-electron chi connectivity index (χ0n) is 4.78. The molecular weight excluding hydrogens is 215 g/mol. The van der Waals surface area contributed by atoms with E-state index in [9.17, 15) is 0 Å². The molecule has 0 radical (unpaired) electrons. The average molecular weight is 218 g/mol. The van der Waals surface area contributed by atoms with Crippen molar-refractivity contribution in [1.82, 2.24) is 0 Å². The maximum absolute atomic E-state index is 8.89. The molecular formula is C2H3Cl2NaO2Zn. The van der Waals surface area contributed by atoms with Gasteiger partial charge in [0.2, 0.25) is 0 Å². The standard InChI is InChI=1S/C2H4O2.2ClH.Na.Zn/c1-2(3)4;;;;/h1H3,(H,3,4);2*1H;;/q;;;+1;+2/p-3. The normalized spacial score (nSPS) is 4.38. The van der Waals surface area contributed by atoms with Gasteiger partial charge in [-0.25, -0.2) is 0 Å². The van der Waals surface area contributed by atoms with E-state index in [1.165, 1.54) is 0 Å². The van der Waals surface area contributed by atoms with Crippen molar-refractivity contribution in [2.75, 3.05) is 0 Å². The summed E-state index contributed by atoms with van der Waals surface area (Å²) in [5.74, 6) is -1.08. The fourth-order valence-electron chi connectivity index (χ4n) is 0. The SMILES string of the molecule is CC(=O)[O-].[Cl][Zn][Cl].[Na+]. The van der Waals surface area contributed by atoms with Crippen molar-refractivity contribution in [2.24, 2.45) is 0 Å².